The Morgan fingerprint density at radius 1 is 1.03 bits per heavy atom. The van der Waals surface area contributed by atoms with Crippen molar-refractivity contribution in [3.63, 3.8) is 0 Å². The lowest BCUT2D eigenvalue weighted by Gasteiger charge is -2.32. The van der Waals surface area contributed by atoms with Crippen LogP contribution in [0.2, 0.25) is 0 Å². The Labute approximate surface area is 176 Å². The summed E-state index contributed by atoms with van der Waals surface area (Å²) < 4.78 is 0. The molecule has 2 aliphatic heterocycles. The summed E-state index contributed by atoms with van der Waals surface area (Å²) >= 11 is 0. The van der Waals surface area contributed by atoms with Crippen molar-refractivity contribution < 1.29 is 14.4 Å². The minimum absolute atomic E-state index is 0.0229. The van der Waals surface area contributed by atoms with E-state index in [1.54, 1.807) is 34.2 Å². The highest BCUT2D eigenvalue weighted by molar-refractivity contribution is 5.92. The highest BCUT2D eigenvalue weighted by Crippen LogP contribution is 2.21. The molecule has 156 valence electrons. The largest absolute Gasteiger partial charge is 0.353 e. The van der Waals surface area contributed by atoms with Crippen LogP contribution >= 0.6 is 0 Å². The number of hydrogen-bond donors (Lipinski definition) is 1. The van der Waals surface area contributed by atoms with Crippen LogP contribution in [0.3, 0.4) is 0 Å². The molecular weight excluding hydrogens is 380 g/mol. The number of aromatic nitrogens is 1. The van der Waals surface area contributed by atoms with Gasteiger partial charge in [0.05, 0.1) is 5.92 Å². The summed E-state index contributed by atoms with van der Waals surface area (Å²) in [6.45, 7) is 2.17. The highest BCUT2D eigenvalue weighted by atomic mass is 16.2. The molecule has 0 saturated carbocycles. The zero-order valence-corrected chi connectivity index (χ0v) is 16.9. The number of carbonyl (C=O) groups excluding carboxylic acids is 3. The molecule has 1 aromatic carbocycles. The van der Waals surface area contributed by atoms with Crippen LogP contribution in [-0.2, 0) is 16.1 Å². The molecule has 7 heteroatoms. The van der Waals surface area contributed by atoms with Crippen molar-refractivity contribution in [2.24, 2.45) is 5.92 Å². The number of pyridine rings is 1. The van der Waals surface area contributed by atoms with E-state index in [1.165, 1.54) is 0 Å². The first kappa shape index (κ1) is 20.1. The first-order valence-electron chi connectivity index (χ1n) is 10.4. The lowest BCUT2D eigenvalue weighted by Crippen LogP contribution is -2.48. The predicted molar refractivity (Wildman–Crippen MR) is 111 cm³/mol. The Morgan fingerprint density at radius 2 is 1.77 bits per heavy atom. The highest BCUT2D eigenvalue weighted by Gasteiger charge is 2.35. The summed E-state index contributed by atoms with van der Waals surface area (Å²) in [5, 5.41) is 3.09. The maximum atomic E-state index is 12.7. The number of hydrogen-bond acceptors (Lipinski definition) is 4. The molecule has 2 aromatic rings. The zero-order valence-electron chi connectivity index (χ0n) is 16.9. The van der Waals surface area contributed by atoms with Crippen molar-refractivity contribution in [3.05, 3.63) is 66.0 Å². The molecule has 1 N–H and O–H groups in total. The van der Waals surface area contributed by atoms with Crippen molar-refractivity contribution in [1.29, 1.82) is 0 Å². The Hall–Kier alpha value is -3.22. The average Bonchev–Trinajstić information content (AvgIpc) is 3.15. The fourth-order valence-corrected chi connectivity index (χ4v) is 4.10. The number of carbonyl (C=O) groups is 3. The predicted octanol–water partition coefficient (Wildman–Crippen LogP) is 1.85. The van der Waals surface area contributed by atoms with Crippen LogP contribution in [0.4, 0.5) is 0 Å². The molecule has 1 atom stereocenters. The van der Waals surface area contributed by atoms with E-state index < -0.39 is 0 Å². The summed E-state index contributed by atoms with van der Waals surface area (Å²) in [5.41, 5.74) is 1.51. The molecule has 0 spiro atoms. The fraction of sp³-hybridized carbons (Fsp3) is 0.391. The number of rotatable bonds is 5. The smallest absolute Gasteiger partial charge is 0.272 e. The average molecular weight is 406 g/mol. The maximum Gasteiger partial charge on any atom is 0.272 e. The summed E-state index contributed by atoms with van der Waals surface area (Å²) in [6, 6.07) is 15.2. The van der Waals surface area contributed by atoms with E-state index in [1.807, 2.05) is 30.3 Å². The number of benzene rings is 1. The van der Waals surface area contributed by atoms with E-state index in [0.29, 0.717) is 44.7 Å². The van der Waals surface area contributed by atoms with Crippen LogP contribution in [-0.4, -0.2) is 58.2 Å². The van der Waals surface area contributed by atoms with E-state index in [4.69, 9.17) is 0 Å². The van der Waals surface area contributed by atoms with Gasteiger partial charge in [-0.1, -0.05) is 36.4 Å². The third-order valence-corrected chi connectivity index (χ3v) is 5.81. The van der Waals surface area contributed by atoms with Crippen molar-refractivity contribution >= 4 is 17.7 Å². The van der Waals surface area contributed by atoms with Crippen LogP contribution in [0.15, 0.2) is 54.7 Å². The zero-order chi connectivity index (χ0) is 20.9. The van der Waals surface area contributed by atoms with Gasteiger partial charge in [-0.05, 0) is 30.5 Å². The first-order chi connectivity index (χ1) is 14.6. The van der Waals surface area contributed by atoms with Gasteiger partial charge in [0.2, 0.25) is 11.8 Å². The summed E-state index contributed by atoms with van der Waals surface area (Å²) in [5.74, 6) is -0.420. The number of nitrogens with zero attached hydrogens (tertiary/aromatic N) is 3. The third kappa shape index (κ3) is 4.67. The van der Waals surface area contributed by atoms with E-state index >= 15 is 0 Å². The van der Waals surface area contributed by atoms with Crippen LogP contribution in [0, 0.1) is 5.92 Å². The van der Waals surface area contributed by atoms with Gasteiger partial charge in [0.25, 0.3) is 5.91 Å². The molecule has 7 nitrogen and oxygen atoms in total. The fourth-order valence-electron chi connectivity index (χ4n) is 4.10. The van der Waals surface area contributed by atoms with Gasteiger partial charge in [-0.2, -0.15) is 0 Å². The third-order valence-electron chi connectivity index (χ3n) is 5.81. The van der Waals surface area contributed by atoms with Crippen LogP contribution < -0.4 is 5.32 Å². The van der Waals surface area contributed by atoms with Gasteiger partial charge in [0.15, 0.2) is 0 Å². The molecule has 3 heterocycles. The topological polar surface area (TPSA) is 82.6 Å². The SMILES string of the molecule is O=C(NC1CCN(C(=O)c2ccccn2)CC1)C1CC(=O)N(Cc2ccccc2)C1. The minimum Gasteiger partial charge on any atom is -0.353 e. The first-order valence-corrected chi connectivity index (χ1v) is 10.4. The number of piperidine rings is 1. The van der Waals surface area contributed by atoms with Crippen molar-refractivity contribution in [2.75, 3.05) is 19.6 Å². The van der Waals surface area contributed by atoms with Gasteiger partial charge in [0, 0.05) is 44.8 Å². The van der Waals surface area contributed by atoms with E-state index in [2.05, 4.69) is 10.3 Å². The second kappa shape index (κ2) is 9.07. The van der Waals surface area contributed by atoms with E-state index in [0.717, 1.165) is 5.56 Å². The van der Waals surface area contributed by atoms with Gasteiger partial charge in [-0.3, -0.25) is 19.4 Å². The minimum atomic E-state index is -0.311. The maximum absolute atomic E-state index is 12.7. The summed E-state index contributed by atoms with van der Waals surface area (Å²) in [7, 11) is 0. The molecule has 0 radical (unpaired) electrons. The van der Waals surface area contributed by atoms with Crippen LogP contribution in [0.5, 0.6) is 0 Å². The Morgan fingerprint density at radius 3 is 2.47 bits per heavy atom. The lowest BCUT2D eigenvalue weighted by atomic mass is 10.0. The van der Waals surface area contributed by atoms with Crippen molar-refractivity contribution in [1.82, 2.24) is 20.1 Å². The Kier molecular flexibility index (Phi) is 6.07. The lowest BCUT2D eigenvalue weighted by molar-refractivity contribution is -0.129. The molecule has 1 aromatic heterocycles. The van der Waals surface area contributed by atoms with E-state index in [-0.39, 0.29) is 36.1 Å². The summed E-state index contributed by atoms with van der Waals surface area (Å²) in [4.78, 5) is 45.2. The van der Waals surface area contributed by atoms with Gasteiger partial charge in [0.1, 0.15) is 5.69 Å². The standard InChI is InChI=1S/C23H26N4O3/c28-21-14-18(16-27(21)15-17-6-2-1-3-7-17)22(29)25-19-9-12-26(13-10-19)23(30)20-8-4-5-11-24-20/h1-8,11,18-19H,9-10,12-16H2,(H,25,29). The molecule has 2 saturated heterocycles. The van der Waals surface area contributed by atoms with E-state index in [9.17, 15) is 14.4 Å². The molecule has 4 rings (SSSR count). The van der Waals surface area contributed by atoms with Crippen LogP contribution in [0.25, 0.3) is 0 Å². The van der Waals surface area contributed by atoms with Gasteiger partial charge in [-0.25, -0.2) is 0 Å². The normalized spacial score (nSPS) is 19.7. The van der Waals surface area contributed by atoms with Gasteiger partial charge in [-0.15, -0.1) is 0 Å². The summed E-state index contributed by atoms with van der Waals surface area (Å²) in [6.07, 6.45) is 3.29. The van der Waals surface area contributed by atoms with Gasteiger partial charge < -0.3 is 15.1 Å². The quantitative estimate of drug-likeness (QED) is 0.822. The Bertz CT molecular complexity index is 895. The Balaban J connectivity index is 1.25. The number of nitrogens with one attached hydrogen (secondary N) is 1. The molecule has 2 fully saturated rings. The molecule has 0 aliphatic carbocycles. The number of likely N-dealkylation sites (tertiary alicyclic amines) is 2. The molecule has 30 heavy (non-hydrogen) atoms. The van der Waals surface area contributed by atoms with Crippen LogP contribution in [0.1, 0.15) is 35.3 Å². The second-order valence-electron chi connectivity index (χ2n) is 7.95. The monoisotopic (exact) mass is 406 g/mol. The molecule has 2 aliphatic rings. The second-order valence-corrected chi connectivity index (χ2v) is 7.95. The van der Waals surface area contributed by atoms with Crippen molar-refractivity contribution in [2.45, 2.75) is 31.8 Å². The molecular formula is C23H26N4O3. The number of amides is 3. The molecule has 1 unspecified atom stereocenters. The van der Waals surface area contributed by atoms with Gasteiger partial charge >= 0.3 is 0 Å². The molecule has 3 amide bonds. The molecule has 0 bridgehead atoms. The van der Waals surface area contributed by atoms with Crippen molar-refractivity contribution in [3.8, 4) is 0 Å².